The number of nitrogens with zero attached hydrogens (tertiary/aromatic N) is 2. The summed E-state index contributed by atoms with van der Waals surface area (Å²) in [5.41, 5.74) is 0.658. The van der Waals surface area contributed by atoms with Crippen LogP contribution in [0.2, 0.25) is 0 Å². The number of hydrogen-bond acceptors (Lipinski definition) is 4. The Hall–Kier alpha value is -1.46. The second kappa shape index (κ2) is 5.58. The number of hydrogen-bond donors (Lipinski definition) is 2. The Morgan fingerprint density at radius 3 is 2.75 bits per heavy atom. The Labute approximate surface area is 94.9 Å². The molecule has 1 fully saturated rings. The topological polar surface area (TPSA) is 57.3 Å². The summed E-state index contributed by atoms with van der Waals surface area (Å²) in [4.78, 5) is 17.8. The van der Waals surface area contributed by atoms with Gasteiger partial charge in [-0.15, -0.1) is 0 Å². The van der Waals surface area contributed by atoms with E-state index in [0.29, 0.717) is 12.2 Å². The zero-order chi connectivity index (χ0) is 11.2. The van der Waals surface area contributed by atoms with Crippen molar-refractivity contribution in [3.8, 4) is 0 Å². The third-order valence-electron chi connectivity index (χ3n) is 2.62. The summed E-state index contributed by atoms with van der Waals surface area (Å²) in [6.07, 6.45) is 3.25. The predicted octanol–water partition coefficient (Wildman–Crippen LogP) is -0.326. The van der Waals surface area contributed by atoms with E-state index in [2.05, 4.69) is 20.5 Å². The van der Waals surface area contributed by atoms with E-state index in [1.807, 2.05) is 0 Å². The first kappa shape index (κ1) is 11.0. The smallest absolute Gasteiger partial charge is 0.252 e. The van der Waals surface area contributed by atoms with Crippen molar-refractivity contribution in [2.75, 3.05) is 32.8 Å². The molecular formula is C11H16N4O. The highest BCUT2D eigenvalue weighted by Crippen LogP contribution is 1.96. The lowest BCUT2D eigenvalue weighted by molar-refractivity contribution is 0.0917. The van der Waals surface area contributed by atoms with Crippen LogP contribution in [0.3, 0.4) is 0 Å². The molecule has 0 atom stereocenters. The van der Waals surface area contributed by atoms with Gasteiger partial charge in [0.25, 0.3) is 5.91 Å². The van der Waals surface area contributed by atoms with Gasteiger partial charge >= 0.3 is 0 Å². The number of carbonyl (C=O) groups excluding carboxylic acids is 1. The molecule has 1 amide bonds. The van der Waals surface area contributed by atoms with Gasteiger partial charge in [0.15, 0.2) is 0 Å². The molecule has 0 unspecified atom stereocenters. The van der Waals surface area contributed by atoms with Crippen molar-refractivity contribution in [3.05, 3.63) is 30.1 Å². The fraction of sp³-hybridized carbons (Fsp3) is 0.455. The molecular weight excluding hydrogens is 204 g/mol. The molecule has 1 aliphatic heterocycles. The molecule has 5 nitrogen and oxygen atoms in total. The van der Waals surface area contributed by atoms with Crippen molar-refractivity contribution < 1.29 is 4.79 Å². The maximum absolute atomic E-state index is 11.7. The number of piperazine rings is 1. The highest BCUT2D eigenvalue weighted by Gasteiger charge is 2.10. The minimum Gasteiger partial charge on any atom is -0.339 e. The number of nitrogens with one attached hydrogen (secondary N) is 2. The summed E-state index contributed by atoms with van der Waals surface area (Å²) in [5, 5.41) is 6.17. The van der Waals surface area contributed by atoms with Gasteiger partial charge in [0.2, 0.25) is 0 Å². The molecule has 0 radical (unpaired) electrons. The maximum Gasteiger partial charge on any atom is 0.252 e. The van der Waals surface area contributed by atoms with Crippen LogP contribution in [0.15, 0.2) is 24.5 Å². The minimum absolute atomic E-state index is 0.0408. The molecule has 0 aromatic carbocycles. The molecule has 86 valence electrons. The molecule has 1 aliphatic rings. The van der Waals surface area contributed by atoms with E-state index in [4.69, 9.17) is 0 Å². The Morgan fingerprint density at radius 2 is 2.06 bits per heavy atom. The monoisotopic (exact) mass is 220 g/mol. The third-order valence-corrected chi connectivity index (χ3v) is 2.62. The van der Waals surface area contributed by atoms with E-state index in [1.54, 1.807) is 24.5 Å². The van der Waals surface area contributed by atoms with Gasteiger partial charge in [-0.25, -0.2) is 0 Å². The molecule has 0 spiro atoms. The lowest BCUT2D eigenvalue weighted by Crippen LogP contribution is -2.48. The zero-order valence-electron chi connectivity index (χ0n) is 9.15. The standard InChI is InChI=1S/C11H16N4O/c16-11(10-1-3-12-4-2-10)14-9-15-7-5-13-6-8-15/h1-4,13H,5-9H2,(H,14,16). The van der Waals surface area contributed by atoms with Crippen molar-refractivity contribution in [3.63, 3.8) is 0 Å². The summed E-state index contributed by atoms with van der Waals surface area (Å²) in [6, 6.07) is 3.43. The maximum atomic E-state index is 11.7. The molecule has 0 saturated carbocycles. The van der Waals surface area contributed by atoms with Crippen molar-refractivity contribution in [2.24, 2.45) is 0 Å². The number of amides is 1. The van der Waals surface area contributed by atoms with Crippen LogP contribution in [-0.4, -0.2) is 48.6 Å². The van der Waals surface area contributed by atoms with Crippen LogP contribution in [0.25, 0.3) is 0 Å². The fourth-order valence-electron chi connectivity index (χ4n) is 1.66. The first-order valence-electron chi connectivity index (χ1n) is 5.47. The zero-order valence-corrected chi connectivity index (χ0v) is 9.15. The number of aromatic nitrogens is 1. The normalized spacial score (nSPS) is 17.0. The van der Waals surface area contributed by atoms with Crippen LogP contribution in [0.5, 0.6) is 0 Å². The van der Waals surface area contributed by atoms with Gasteiger partial charge in [-0.2, -0.15) is 0 Å². The summed E-state index contributed by atoms with van der Waals surface area (Å²) < 4.78 is 0. The van der Waals surface area contributed by atoms with E-state index < -0.39 is 0 Å². The molecule has 2 rings (SSSR count). The van der Waals surface area contributed by atoms with Gasteiger partial charge in [0.05, 0.1) is 6.67 Å². The minimum atomic E-state index is -0.0408. The fourth-order valence-corrected chi connectivity index (χ4v) is 1.66. The van der Waals surface area contributed by atoms with Crippen LogP contribution in [0.4, 0.5) is 0 Å². The Morgan fingerprint density at radius 1 is 1.38 bits per heavy atom. The van der Waals surface area contributed by atoms with Crippen LogP contribution in [-0.2, 0) is 0 Å². The van der Waals surface area contributed by atoms with E-state index in [9.17, 15) is 4.79 Å². The summed E-state index contributed by atoms with van der Waals surface area (Å²) >= 11 is 0. The van der Waals surface area contributed by atoms with Crippen LogP contribution in [0.1, 0.15) is 10.4 Å². The SMILES string of the molecule is O=C(NCN1CCNCC1)c1ccncc1. The van der Waals surface area contributed by atoms with Gasteiger partial charge in [-0.3, -0.25) is 14.7 Å². The first-order valence-corrected chi connectivity index (χ1v) is 5.47. The molecule has 5 heteroatoms. The first-order chi connectivity index (χ1) is 7.86. The molecule has 0 aliphatic carbocycles. The Bertz CT molecular complexity index is 335. The Balaban J connectivity index is 1.79. The molecule has 2 N–H and O–H groups in total. The second-order valence-corrected chi connectivity index (χ2v) is 3.77. The average Bonchev–Trinajstić information content (AvgIpc) is 2.38. The largest absolute Gasteiger partial charge is 0.339 e. The molecule has 1 saturated heterocycles. The van der Waals surface area contributed by atoms with Crippen LogP contribution in [0, 0.1) is 0 Å². The summed E-state index contributed by atoms with van der Waals surface area (Å²) in [7, 11) is 0. The highest BCUT2D eigenvalue weighted by molar-refractivity contribution is 5.93. The van der Waals surface area contributed by atoms with Crippen LogP contribution >= 0.6 is 0 Å². The number of carbonyl (C=O) groups is 1. The van der Waals surface area contributed by atoms with Crippen LogP contribution < -0.4 is 10.6 Å². The van der Waals surface area contributed by atoms with Crippen molar-refractivity contribution in [2.45, 2.75) is 0 Å². The lowest BCUT2D eigenvalue weighted by Gasteiger charge is -2.27. The Kier molecular flexibility index (Phi) is 3.85. The second-order valence-electron chi connectivity index (χ2n) is 3.77. The van der Waals surface area contributed by atoms with Gasteiger partial charge in [0, 0.05) is 44.1 Å². The third kappa shape index (κ3) is 3.01. The van der Waals surface area contributed by atoms with E-state index in [-0.39, 0.29) is 5.91 Å². The lowest BCUT2D eigenvalue weighted by atomic mass is 10.2. The van der Waals surface area contributed by atoms with E-state index >= 15 is 0 Å². The average molecular weight is 220 g/mol. The highest BCUT2D eigenvalue weighted by atomic mass is 16.1. The van der Waals surface area contributed by atoms with Crippen molar-refractivity contribution >= 4 is 5.91 Å². The summed E-state index contributed by atoms with van der Waals surface area (Å²) in [6.45, 7) is 4.56. The van der Waals surface area contributed by atoms with Crippen molar-refractivity contribution in [1.29, 1.82) is 0 Å². The summed E-state index contributed by atoms with van der Waals surface area (Å²) in [5.74, 6) is -0.0408. The van der Waals surface area contributed by atoms with Gasteiger partial charge < -0.3 is 10.6 Å². The number of pyridine rings is 1. The molecule has 16 heavy (non-hydrogen) atoms. The predicted molar refractivity (Wildman–Crippen MR) is 61.0 cm³/mol. The van der Waals surface area contributed by atoms with Gasteiger partial charge in [0.1, 0.15) is 0 Å². The number of rotatable bonds is 3. The van der Waals surface area contributed by atoms with E-state index in [0.717, 1.165) is 26.2 Å². The molecule has 1 aromatic heterocycles. The molecule has 2 heterocycles. The van der Waals surface area contributed by atoms with Gasteiger partial charge in [-0.1, -0.05) is 0 Å². The van der Waals surface area contributed by atoms with E-state index in [1.165, 1.54) is 0 Å². The quantitative estimate of drug-likeness (QED) is 0.732. The van der Waals surface area contributed by atoms with Gasteiger partial charge in [-0.05, 0) is 12.1 Å². The van der Waals surface area contributed by atoms with Crippen molar-refractivity contribution in [1.82, 2.24) is 20.5 Å². The molecule has 1 aromatic rings. The molecule has 0 bridgehead atoms.